The predicted molar refractivity (Wildman–Crippen MR) is 275 cm³/mol. The molecular formula is C58H104O6. The minimum absolute atomic E-state index is 0.0808. The Labute approximate surface area is 397 Å². The summed E-state index contributed by atoms with van der Waals surface area (Å²) < 4.78 is 16.8. The van der Waals surface area contributed by atoms with Gasteiger partial charge in [-0.15, -0.1) is 0 Å². The van der Waals surface area contributed by atoms with Crippen molar-refractivity contribution in [3.8, 4) is 0 Å². The van der Waals surface area contributed by atoms with Gasteiger partial charge in [0.05, 0.1) is 0 Å². The molecule has 372 valence electrons. The number of rotatable bonds is 50. The van der Waals surface area contributed by atoms with Gasteiger partial charge in [-0.05, 0) is 83.5 Å². The maximum Gasteiger partial charge on any atom is 0.306 e. The quantitative estimate of drug-likeness (QED) is 0.0262. The monoisotopic (exact) mass is 897 g/mol. The topological polar surface area (TPSA) is 78.9 Å². The summed E-state index contributed by atoms with van der Waals surface area (Å²) in [5.41, 5.74) is 0. The number of carbonyl (C=O) groups excluding carboxylic acids is 3. The number of esters is 3. The molecule has 6 heteroatoms. The number of carbonyl (C=O) groups is 3. The molecule has 0 aromatic heterocycles. The molecule has 0 aromatic carbocycles. The largest absolute Gasteiger partial charge is 0.462 e. The molecule has 0 radical (unpaired) electrons. The van der Waals surface area contributed by atoms with Crippen molar-refractivity contribution in [1.29, 1.82) is 0 Å². The zero-order chi connectivity index (χ0) is 46.5. The Bertz CT molecular complexity index is 1120. The van der Waals surface area contributed by atoms with E-state index < -0.39 is 6.10 Å². The lowest BCUT2D eigenvalue weighted by Crippen LogP contribution is -2.30. The van der Waals surface area contributed by atoms with Crippen LogP contribution in [0.1, 0.15) is 284 Å². The van der Waals surface area contributed by atoms with Gasteiger partial charge in [0.2, 0.25) is 0 Å². The second kappa shape index (κ2) is 53.0. The number of hydrogen-bond acceptors (Lipinski definition) is 6. The summed E-state index contributed by atoms with van der Waals surface area (Å²) in [6, 6.07) is 0. The van der Waals surface area contributed by atoms with Crippen molar-refractivity contribution >= 4 is 17.9 Å². The standard InChI is InChI=1S/C58H104O6/c1-4-7-10-13-16-19-22-25-28-31-33-36-39-42-45-48-51-57(60)63-54-55(64-58(61)52-49-46-43-40-37-34-30-27-24-21-18-15-12-9-6-3)53-62-56(59)50-47-44-41-38-35-32-29-26-23-20-17-14-11-8-5-2/h17-18,20-21,26-27,29-30,55H,4-16,19,22-25,28,31-54H2,1-3H3/b20-17-,21-18-,29-26-,30-27-/t55-/m1/s1. The minimum Gasteiger partial charge on any atom is -0.462 e. The van der Waals surface area contributed by atoms with Gasteiger partial charge in [-0.25, -0.2) is 0 Å². The van der Waals surface area contributed by atoms with Crippen LogP contribution in [0.5, 0.6) is 0 Å². The van der Waals surface area contributed by atoms with Crippen LogP contribution in [0.25, 0.3) is 0 Å². The van der Waals surface area contributed by atoms with Crippen LogP contribution in [0.4, 0.5) is 0 Å². The molecule has 0 amide bonds. The van der Waals surface area contributed by atoms with Gasteiger partial charge in [-0.1, -0.05) is 230 Å². The summed E-state index contributed by atoms with van der Waals surface area (Å²) in [5.74, 6) is -0.897. The molecule has 0 heterocycles. The molecule has 0 N–H and O–H groups in total. The van der Waals surface area contributed by atoms with Crippen LogP contribution in [0.15, 0.2) is 48.6 Å². The molecule has 1 atom stereocenters. The maximum atomic E-state index is 12.8. The van der Waals surface area contributed by atoms with E-state index in [0.717, 1.165) is 103 Å². The Morgan fingerprint density at radius 1 is 0.312 bits per heavy atom. The molecule has 0 bridgehead atoms. The van der Waals surface area contributed by atoms with E-state index in [4.69, 9.17) is 14.2 Å². The summed E-state index contributed by atoms with van der Waals surface area (Å²) in [6.07, 6.45) is 63.7. The van der Waals surface area contributed by atoms with Crippen molar-refractivity contribution in [2.75, 3.05) is 13.2 Å². The fourth-order valence-corrected chi connectivity index (χ4v) is 7.86. The second-order valence-electron chi connectivity index (χ2n) is 18.5. The number of unbranched alkanes of at least 4 members (excludes halogenated alkanes) is 31. The lowest BCUT2D eigenvalue weighted by Gasteiger charge is -2.18. The summed E-state index contributed by atoms with van der Waals surface area (Å²) in [5, 5.41) is 0. The van der Waals surface area contributed by atoms with Gasteiger partial charge in [0.25, 0.3) is 0 Å². The molecule has 0 spiro atoms. The van der Waals surface area contributed by atoms with Crippen LogP contribution in [0.2, 0.25) is 0 Å². The van der Waals surface area contributed by atoms with Crippen LogP contribution < -0.4 is 0 Å². The van der Waals surface area contributed by atoms with E-state index >= 15 is 0 Å². The van der Waals surface area contributed by atoms with Crippen LogP contribution in [-0.4, -0.2) is 37.2 Å². The highest BCUT2D eigenvalue weighted by Gasteiger charge is 2.19. The van der Waals surface area contributed by atoms with Crippen molar-refractivity contribution in [2.24, 2.45) is 0 Å². The highest BCUT2D eigenvalue weighted by molar-refractivity contribution is 5.71. The zero-order valence-electron chi connectivity index (χ0n) is 42.6. The van der Waals surface area contributed by atoms with E-state index in [1.807, 2.05) is 0 Å². The van der Waals surface area contributed by atoms with E-state index in [1.165, 1.54) is 141 Å². The average Bonchev–Trinajstić information content (AvgIpc) is 3.29. The lowest BCUT2D eigenvalue weighted by atomic mass is 10.0. The molecule has 0 rings (SSSR count). The first-order chi connectivity index (χ1) is 31.5. The average molecular weight is 897 g/mol. The Morgan fingerprint density at radius 2 is 0.562 bits per heavy atom. The van der Waals surface area contributed by atoms with Crippen LogP contribution in [0, 0.1) is 0 Å². The summed E-state index contributed by atoms with van der Waals surface area (Å²) in [6.45, 7) is 6.59. The van der Waals surface area contributed by atoms with E-state index in [9.17, 15) is 14.4 Å². The van der Waals surface area contributed by atoms with E-state index in [1.54, 1.807) is 0 Å². The van der Waals surface area contributed by atoms with Gasteiger partial charge in [-0.3, -0.25) is 14.4 Å². The molecule has 64 heavy (non-hydrogen) atoms. The smallest absolute Gasteiger partial charge is 0.306 e. The molecule has 0 saturated carbocycles. The number of allylic oxidation sites excluding steroid dienone is 8. The first kappa shape index (κ1) is 61.4. The third-order valence-electron chi connectivity index (χ3n) is 12.1. The predicted octanol–water partition coefficient (Wildman–Crippen LogP) is 18.3. The molecule has 0 aliphatic heterocycles. The van der Waals surface area contributed by atoms with Crippen molar-refractivity contribution < 1.29 is 28.6 Å². The zero-order valence-corrected chi connectivity index (χ0v) is 42.6. The summed E-state index contributed by atoms with van der Waals surface area (Å²) in [7, 11) is 0. The normalized spacial score (nSPS) is 12.4. The van der Waals surface area contributed by atoms with Crippen LogP contribution in [0.3, 0.4) is 0 Å². The Morgan fingerprint density at radius 3 is 0.891 bits per heavy atom. The molecular weight excluding hydrogens is 793 g/mol. The van der Waals surface area contributed by atoms with Crippen molar-refractivity contribution in [3.05, 3.63) is 48.6 Å². The Balaban J connectivity index is 4.40. The SMILES string of the molecule is CCCCC/C=C\C/C=C\CCCCCCCC(=O)OC[C@H](COC(=O)CCCCCCCCCCCCCCCCCC)OC(=O)CCCCCCC/C=C\C/C=C\CCCCC. The number of hydrogen-bond donors (Lipinski definition) is 0. The maximum absolute atomic E-state index is 12.8. The van der Waals surface area contributed by atoms with Gasteiger partial charge in [0, 0.05) is 19.3 Å². The number of ether oxygens (including phenoxy) is 3. The van der Waals surface area contributed by atoms with E-state index in [-0.39, 0.29) is 31.1 Å². The molecule has 0 aliphatic carbocycles. The second-order valence-corrected chi connectivity index (χ2v) is 18.5. The van der Waals surface area contributed by atoms with Gasteiger partial charge in [0.1, 0.15) is 13.2 Å². The van der Waals surface area contributed by atoms with Gasteiger partial charge in [0.15, 0.2) is 6.10 Å². The highest BCUT2D eigenvalue weighted by atomic mass is 16.6. The first-order valence-corrected chi connectivity index (χ1v) is 27.6. The molecule has 0 aromatic rings. The van der Waals surface area contributed by atoms with Crippen LogP contribution in [-0.2, 0) is 28.6 Å². The van der Waals surface area contributed by atoms with Crippen LogP contribution >= 0.6 is 0 Å². The molecule has 0 unspecified atom stereocenters. The van der Waals surface area contributed by atoms with Gasteiger partial charge in [-0.2, -0.15) is 0 Å². The fraction of sp³-hybridized carbons (Fsp3) is 0.810. The van der Waals surface area contributed by atoms with Crippen molar-refractivity contribution in [2.45, 2.75) is 290 Å². The molecule has 6 nitrogen and oxygen atoms in total. The first-order valence-electron chi connectivity index (χ1n) is 27.6. The van der Waals surface area contributed by atoms with E-state index in [0.29, 0.717) is 19.3 Å². The fourth-order valence-electron chi connectivity index (χ4n) is 7.86. The Hall–Kier alpha value is -2.63. The third kappa shape index (κ3) is 50.4. The Kier molecular flexibility index (Phi) is 50.8. The molecule has 0 fully saturated rings. The van der Waals surface area contributed by atoms with Crippen molar-refractivity contribution in [1.82, 2.24) is 0 Å². The van der Waals surface area contributed by atoms with Crippen molar-refractivity contribution in [3.63, 3.8) is 0 Å². The summed E-state index contributed by atoms with van der Waals surface area (Å²) >= 11 is 0. The lowest BCUT2D eigenvalue weighted by molar-refractivity contribution is -0.167. The summed E-state index contributed by atoms with van der Waals surface area (Å²) in [4.78, 5) is 38.1. The molecule has 0 aliphatic rings. The van der Waals surface area contributed by atoms with E-state index in [2.05, 4.69) is 69.4 Å². The molecule has 0 saturated heterocycles. The van der Waals surface area contributed by atoms with Gasteiger partial charge < -0.3 is 14.2 Å². The third-order valence-corrected chi connectivity index (χ3v) is 12.1. The highest BCUT2D eigenvalue weighted by Crippen LogP contribution is 2.16. The minimum atomic E-state index is -0.784. The van der Waals surface area contributed by atoms with Gasteiger partial charge >= 0.3 is 17.9 Å².